The second-order valence-electron chi connectivity index (χ2n) is 3.70. The Labute approximate surface area is 91.6 Å². The van der Waals surface area contributed by atoms with Crippen molar-refractivity contribution in [2.75, 3.05) is 13.1 Å². The first-order valence-electron chi connectivity index (χ1n) is 4.91. The highest BCUT2D eigenvalue weighted by Crippen LogP contribution is 2.21. The van der Waals surface area contributed by atoms with E-state index >= 15 is 0 Å². The van der Waals surface area contributed by atoms with Gasteiger partial charge < -0.3 is 10.6 Å². The summed E-state index contributed by atoms with van der Waals surface area (Å²) in [5, 5.41) is 4.67. The fourth-order valence-electron chi connectivity index (χ4n) is 0.856. The Morgan fingerprint density at radius 3 is 2.31 bits per heavy atom. The van der Waals surface area contributed by atoms with Gasteiger partial charge in [0.05, 0.1) is 6.54 Å². The monoisotopic (exact) mass is 244 g/mol. The summed E-state index contributed by atoms with van der Waals surface area (Å²) in [6.45, 7) is 2.72. The van der Waals surface area contributed by atoms with Gasteiger partial charge in [-0.25, -0.2) is 8.78 Å². The molecule has 0 bridgehead atoms. The number of rotatable bonds is 7. The molecule has 0 aromatic carbocycles. The predicted molar refractivity (Wildman–Crippen MR) is 51.7 cm³/mol. The molecule has 0 radical (unpaired) electrons. The maximum absolute atomic E-state index is 12.4. The Balaban J connectivity index is 3.73. The van der Waals surface area contributed by atoms with Gasteiger partial charge in [-0.1, -0.05) is 13.8 Å². The molecule has 0 unspecified atom stereocenters. The molecule has 7 heteroatoms. The highest BCUT2D eigenvalue weighted by molar-refractivity contribution is 5.76. The first-order valence-corrected chi connectivity index (χ1v) is 4.91. The highest BCUT2D eigenvalue weighted by Gasteiger charge is 2.40. The smallest absolute Gasteiger partial charge is 0.324 e. The van der Waals surface area contributed by atoms with Gasteiger partial charge in [-0.3, -0.25) is 4.79 Å². The minimum atomic E-state index is -4.17. The molecule has 0 aromatic rings. The summed E-state index contributed by atoms with van der Waals surface area (Å²) in [7, 11) is 0. The molecule has 3 nitrogen and oxygen atoms in total. The molecule has 0 saturated heterocycles. The summed E-state index contributed by atoms with van der Waals surface area (Å²) < 4.78 is 48.2. The van der Waals surface area contributed by atoms with E-state index in [1.165, 1.54) is 0 Å². The van der Waals surface area contributed by atoms with Crippen LogP contribution in [-0.2, 0) is 4.79 Å². The van der Waals surface area contributed by atoms with Crippen LogP contribution in [-0.4, -0.2) is 37.4 Å². The molecule has 0 aromatic heterocycles. The van der Waals surface area contributed by atoms with Crippen molar-refractivity contribution in [3.05, 3.63) is 0 Å². The van der Waals surface area contributed by atoms with Crippen LogP contribution >= 0.6 is 0 Å². The minimum Gasteiger partial charge on any atom is -0.350 e. The third kappa shape index (κ3) is 6.60. The lowest BCUT2D eigenvalue weighted by molar-refractivity contribution is -0.136. The van der Waals surface area contributed by atoms with Crippen LogP contribution in [0.2, 0.25) is 0 Å². The summed E-state index contributed by atoms with van der Waals surface area (Å²) in [6, 6.07) is 0.176. The quantitative estimate of drug-likeness (QED) is 0.664. The molecule has 2 N–H and O–H groups in total. The van der Waals surface area contributed by atoms with E-state index in [2.05, 4.69) is 5.32 Å². The van der Waals surface area contributed by atoms with Crippen LogP contribution in [0.5, 0.6) is 0 Å². The maximum Gasteiger partial charge on any atom is 0.324 e. The number of hydrogen-bond donors (Lipinski definition) is 2. The van der Waals surface area contributed by atoms with Gasteiger partial charge >= 0.3 is 12.3 Å². The van der Waals surface area contributed by atoms with Crippen LogP contribution in [0.1, 0.15) is 20.3 Å². The van der Waals surface area contributed by atoms with Crippen molar-refractivity contribution in [1.82, 2.24) is 10.6 Å². The first-order chi connectivity index (χ1) is 7.25. The molecule has 0 fully saturated rings. The molecule has 1 amide bonds. The van der Waals surface area contributed by atoms with E-state index < -0.39 is 24.8 Å². The van der Waals surface area contributed by atoms with Gasteiger partial charge in [0.2, 0.25) is 5.91 Å². The molecular formula is C9H16F4N2O. The van der Waals surface area contributed by atoms with Gasteiger partial charge in [0.1, 0.15) is 0 Å². The number of alkyl halides is 4. The number of amides is 1. The van der Waals surface area contributed by atoms with E-state index in [0.717, 1.165) is 0 Å². The van der Waals surface area contributed by atoms with Gasteiger partial charge in [-0.15, -0.1) is 0 Å². The number of carbonyl (C=O) groups excluding carboxylic acids is 1. The molecule has 0 atom stereocenters. The Morgan fingerprint density at radius 1 is 1.31 bits per heavy atom. The normalized spacial score (nSPS) is 12.2. The minimum absolute atomic E-state index is 0.0164. The summed E-state index contributed by atoms with van der Waals surface area (Å²) in [6.07, 6.45) is -3.78. The summed E-state index contributed by atoms with van der Waals surface area (Å²) >= 11 is 0. The van der Waals surface area contributed by atoms with Crippen molar-refractivity contribution in [3.8, 4) is 0 Å². The zero-order chi connectivity index (χ0) is 12.8. The van der Waals surface area contributed by atoms with Crippen LogP contribution < -0.4 is 10.6 Å². The van der Waals surface area contributed by atoms with Gasteiger partial charge in [-0.05, 0) is 0 Å². The zero-order valence-corrected chi connectivity index (χ0v) is 9.20. The second kappa shape index (κ2) is 6.67. The first kappa shape index (κ1) is 15.2. The summed E-state index contributed by atoms with van der Waals surface area (Å²) in [5.74, 6) is -4.84. The van der Waals surface area contributed by atoms with Crippen LogP contribution in [0.15, 0.2) is 0 Å². The lowest BCUT2D eigenvalue weighted by atomic mass is 10.3. The molecule has 16 heavy (non-hydrogen) atoms. The van der Waals surface area contributed by atoms with E-state index in [4.69, 9.17) is 0 Å². The molecular weight excluding hydrogens is 228 g/mol. The Kier molecular flexibility index (Phi) is 6.32. The van der Waals surface area contributed by atoms with Crippen LogP contribution in [0, 0.1) is 0 Å². The van der Waals surface area contributed by atoms with E-state index in [-0.39, 0.29) is 12.5 Å². The van der Waals surface area contributed by atoms with Gasteiger partial charge in [-0.2, -0.15) is 8.78 Å². The van der Waals surface area contributed by atoms with E-state index in [1.54, 1.807) is 5.32 Å². The second-order valence-corrected chi connectivity index (χ2v) is 3.70. The fourth-order valence-corrected chi connectivity index (χ4v) is 0.856. The van der Waals surface area contributed by atoms with Crippen molar-refractivity contribution >= 4 is 5.91 Å². The van der Waals surface area contributed by atoms with Crippen molar-refractivity contribution in [2.24, 2.45) is 0 Å². The molecule has 0 aliphatic rings. The molecule has 0 aliphatic heterocycles. The Morgan fingerprint density at radius 2 is 1.88 bits per heavy atom. The predicted octanol–water partition coefficient (Wildman–Crippen LogP) is 1.39. The summed E-state index contributed by atoms with van der Waals surface area (Å²) in [5.41, 5.74) is 0. The SMILES string of the molecule is CC(C)NCCC(=O)NCC(F)(F)C(F)F. The van der Waals surface area contributed by atoms with Crippen LogP contribution in [0.3, 0.4) is 0 Å². The van der Waals surface area contributed by atoms with Gasteiger partial charge in [0.15, 0.2) is 0 Å². The number of hydrogen-bond acceptors (Lipinski definition) is 2. The molecule has 96 valence electrons. The molecule has 0 spiro atoms. The average Bonchev–Trinajstić information content (AvgIpc) is 2.14. The number of nitrogens with one attached hydrogen (secondary N) is 2. The molecule has 0 saturated carbocycles. The topological polar surface area (TPSA) is 41.1 Å². The standard InChI is InChI=1S/C9H16F4N2O/c1-6(2)14-4-3-7(16)15-5-9(12,13)8(10)11/h6,8,14H,3-5H2,1-2H3,(H,15,16). The fraction of sp³-hybridized carbons (Fsp3) is 0.889. The molecule has 0 rings (SSSR count). The van der Waals surface area contributed by atoms with Crippen molar-refractivity contribution in [1.29, 1.82) is 0 Å². The van der Waals surface area contributed by atoms with E-state index in [0.29, 0.717) is 6.54 Å². The molecule has 0 aliphatic carbocycles. The molecule has 0 heterocycles. The lowest BCUT2D eigenvalue weighted by Crippen LogP contribution is -2.42. The largest absolute Gasteiger partial charge is 0.350 e. The van der Waals surface area contributed by atoms with Crippen LogP contribution in [0.25, 0.3) is 0 Å². The Hall–Kier alpha value is -0.850. The maximum atomic E-state index is 12.4. The summed E-state index contributed by atoms with van der Waals surface area (Å²) in [4.78, 5) is 11.0. The van der Waals surface area contributed by atoms with Crippen molar-refractivity contribution < 1.29 is 22.4 Å². The average molecular weight is 244 g/mol. The van der Waals surface area contributed by atoms with Crippen molar-refractivity contribution in [3.63, 3.8) is 0 Å². The highest BCUT2D eigenvalue weighted by atomic mass is 19.3. The van der Waals surface area contributed by atoms with E-state index in [9.17, 15) is 22.4 Å². The Bertz CT molecular complexity index is 222. The number of halogens is 4. The number of carbonyl (C=O) groups is 1. The van der Waals surface area contributed by atoms with E-state index in [1.807, 2.05) is 13.8 Å². The third-order valence-corrected chi connectivity index (χ3v) is 1.75. The van der Waals surface area contributed by atoms with Crippen LogP contribution in [0.4, 0.5) is 17.6 Å². The van der Waals surface area contributed by atoms with Gasteiger partial charge in [0, 0.05) is 19.0 Å². The third-order valence-electron chi connectivity index (χ3n) is 1.75. The lowest BCUT2D eigenvalue weighted by Gasteiger charge is -2.16. The van der Waals surface area contributed by atoms with Gasteiger partial charge in [0.25, 0.3) is 0 Å². The zero-order valence-electron chi connectivity index (χ0n) is 9.20. The van der Waals surface area contributed by atoms with Crippen molar-refractivity contribution in [2.45, 2.75) is 38.7 Å².